The molecule has 1 unspecified atom stereocenters. The average Bonchev–Trinajstić information content (AvgIpc) is 2.64. The molecule has 0 saturated carbocycles. The van der Waals surface area contributed by atoms with E-state index in [4.69, 9.17) is 16.7 Å². The summed E-state index contributed by atoms with van der Waals surface area (Å²) >= 11 is 5.86. The van der Waals surface area contributed by atoms with Crippen molar-refractivity contribution in [3.63, 3.8) is 0 Å². The number of nitrogens with zero attached hydrogens (tertiary/aromatic N) is 2. The van der Waals surface area contributed by atoms with E-state index in [1.54, 1.807) is 5.01 Å². The number of hydrogen-bond donors (Lipinski definition) is 1. The molecular formula is C10H9ClN2O2. The van der Waals surface area contributed by atoms with E-state index < -0.39 is 10.8 Å². The van der Waals surface area contributed by atoms with Crippen LogP contribution in [0, 0.1) is 0 Å². The maximum absolute atomic E-state index is 10.9. The second kappa shape index (κ2) is 3.55. The Bertz CT molecular complexity index is 407. The highest BCUT2D eigenvalue weighted by Crippen LogP contribution is 2.25. The van der Waals surface area contributed by atoms with Gasteiger partial charge in [-0.2, -0.15) is 5.10 Å². The summed E-state index contributed by atoms with van der Waals surface area (Å²) in [6.45, 7) is 0.147. The fourth-order valence-corrected chi connectivity index (χ4v) is 1.50. The number of anilines is 1. The monoisotopic (exact) mass is 224 g/mol. The molecule has 0 spiro atoms. The molecule has 0 fully saturated rings. The van der Waals surface area contributed by atoms with Gasteiger partial charge in [0.2, 0.25) is 0 Å². The van der Waals surface area contributed by atoms with Crippen molar-refractivity contribution in [2.45, 2.75) is 4.87 Å². The van der Waals surface area contributed by atoms with Crippen molar-refractivity contribution in [2.75, 3.05) is 11.6 Å². The maximum Gasteiger partial charge on any atom is 0.332 e. The largest absolute Gasteiger partial charge is 0.480 e. The first kappa shape index (κ1) is 9.98. The van der Waals surface area contributed by atoms with Gasteiger partial charge in [-0.15, -0.1) is 0 Å². The number of hydrazone groups is 1. The number of alkyl halides is 1. The quantitative estimate of drug-likeness (QED) is 0.776. The van der Waals surface area contributed by atoms with Crippen molar-refractivity contribution in [1.29, 1.82) is 0 Å². The Morgan fingerprint density at radius 1 is 1.47 bits per heavy atom. The molecule has 0 aromatic heterocycles. The fourth-order valence-electron chi connectivity index (χ4n) is 1.34. The Morgan fingerprint density at radius 2 is 2.13 bits per heavy atom. The van der Waals surface area contributed by atoms with E-state index in [0.29, 0.717) is 0 Å². The van der Waals surface area contributed by atoms with Crippen LogP contribution in [-0.4, -0.2) is 28.7 Å². The molecule has 78 valence electrons. The predicted octanol–water partition coefficient (Wildman–Crippen LogP) is 1.55. The van der Waals surface area contributed by atoms with Gasteiger partial charge in [0.05, 0.1) is 18.4 Å². The number of carbonyl (C=O) groups is 1. The van der Waals surface area contributed by atoms with E-state index in [9.17, 15) is 4.79 Å². The Hall–Kier alpha value is -1.55. The van der Waals surface area contributed by atoms with Crippen LogP contribution in [0.15, 0.2) is 35.4 Å². The van der Waals surface area contributed by atoms with Gasteiger partial charge in [0.15, 0.2) is 4.87 Å². The summed E-state index contributed by atoms with van der Waals surface area (Å²) in [5, 5.41) is 14.4. The van der Waals surface area contributed by atoms with E-state index in [-0.39, 0.29) is 6.54 Å². The van der Waals surface area contributed by atoms with Crippen LogP contribution in [-0.2, 0) is 4.79 Å². The highest BCUT2D eigenvalue weighted by atomic mass is 35.5. The Labute approximate surface area is 91.8 Å². The number of halogens is 1. The zero-order valence-corrected chi connectivity index (χ0v) is 8.55. The van der Waals surface area contributed by atoms with Gasteiger partial charge in [-0.1, -0.05) is 29.8 Å². The van der Waals surface area contributed by atoms with E-state index >= 15 is 0 Å². The summed E-state index contributed by atoms with van der Waals surface area (Å²) < 4.78 is 0. The minimum Gasteiger partial charge on any atom is -0.480 e. The van der Waals surface area contributed by atoms with Crippen LogP contribution in [0.2, 0.25) is 0 Å². The van der Waals surface area contributed by atoms with E-state index in [1.165, 1.54) is 6.21 Å². The smallest absolute Gasteiger partial charge is 0.332 e. The van der Waals surface area contributed by atoms with Crippen molar-refractivity contribution in [1.82, 2.24) is 0 Å². The molecule has 5 heteroatoms. The number of para-hydroxylation sites is 1. The summed E-state index contributed by atoms with van der Waals surface area (Å²) in [5.41, 5.74) is 0.831. The highest BCUT2D eigenvalue weighted by Gasteiger charge is 2.41. The topological polar surface area (TPSA) is 52.9 Å². The number of hydrogen-bond acceptors (Lipinski definition) is 3. The molecule has 1 aliphatic rings. The van der Waals surface area contributed by atoms with Gasteiger partial charge in [-0.05, 0) is 12.1 Å². The van der Waals surface area contributed by atoms with Crippen LogP contribution < -0.4 is 5.01 Å². The van der Waals surface area contributed by atoms with Crippen molar-refractivity contribution >= 4 is 29.5 Å². The second-order valence-electron chi connectivity index (χ2n) is 3.31. The number of carboxylic acids is 1. The second-order valence-corrected chi connectivity index (χ2v) is 3.98. The van der Waals surface area contributed by atoms with Gasteiger partial charge >= 0.3 is 5.97 Å². The van der Waals surface area contributed by atoms with Gasteiger partial charge in [0.1, 0.15) is 0 Å². The molecule has 4 nitrogen and oxygen atoms in total. The van der Waals surface area contributed by atoms with Crippen LogP contribution in [0.4, 0.5) is 5.69 Å². The third-order valence-corrected chi connectivity index (χ3v) is 2.57. The molecule has 1 heterocycles. The lowest BCUT2D eigenvalue weighted by Crippen LogP contribution is -2.38. The first-order valence-electron chi connectivity index (χ1n) is 4.42. The Kier molecular flexibility index (Phi) is 2.36. The number of benzene rings is 1. The van der Waals surface area contributed by atoms with Crippen molar-refractivity contribution < 1.29 is 9.90 Å². The number of aliphatic carboxylic acids is 1. The van der Waals surface area contributed by atoms with E-state index in [0.717, 1.165) is 5.69 Å². The molecule has 1 atom stereocenters. The Balaban J connectivity index is 2.19. The van der Waals surface area contributed by atoms with Crippen molar-refractivity contribution in [3.05, 3.63) is 30.3 Å². The number of carboxylic acid groups (broad SMARTS) is 1. The zero-order valence-electron chi connectivity index (χ0n) is 7.80. The normalized spacial score (nSPS) is 24.5. The van der Waals surface area contributed by atoms with Crippen LogP contribution in [0.5, 0.6) is 0 Å². The van der Waals surface area contributed by atoms with Crippen molar-refractivity contribution in [3.8, 4) is 0 Å². The van der Waals surface area contributed by atoms with Crippen LogP contribution in [0.3, 0.4) is 0 Å². The van der Waals surface area contributed by atoms with Gasteiger partial charge in [-0.25, -0.2) is 4.79 Å². The third kappa shape index (κ3) is 1.80. The molecular weight excluding hydrogens is 216 g/mol. The van der Waals surface area contributed by atoms with Gasteiger partial charge < -0.3 is 5.11 Å². The molecule has 0 aliphatic carbocycles. The molecule has 0 saturated heterocycles. The van der Waals surface area contributed by atoms with Crippen LogP contribution in [0.25, 0.3) is 0 Å². The average molecular weight is 225 g/mol. The standard InChI is InChI=1S/C10H9ClN2O2/c11-10(9(14)15)6-12-13(7-10)8-4-2-1-3-5-8/h1-6H,7H2,(H,14,15). The lowest BCUT2D eigenvalue weighted by Gasteiger charge is -2.17. The summed E-state index contributed by atoms with van der Waals surface area (Å²) in [7, 11) is 0. The number of rotatable bonds is 2. The zero-order chi connectivity index (χ0) is 10.9. The molecule has 15 heavy (non-hydrogen) atoms. The minimum atomic E-state index is -1.41. The van der Waals surface area contributed by atoms with Crippen molar-refractivity contribution in [2.24, 2.45) is 5.10 Å². The lowest BCUT2D eigenvalue weighted by molar-refractivity contribution is -0.137. The van der Waals surface area contributed by atoms with Gasteiger partial charge in [0, 0.05) is 0 Å². The summed E-state index contributed by atoms with van der Waals surface area (Å²) in [4.78, 5) is 9.44. The SMILES string of the molecule is O=C(O)C1(Cl)C=NN(c2ccccc2)C1. The van der Waals surface area contributed by atoms with Crippen LogP contribution in [0.1, 0.15) is 0 Å². The molecule has 0 bridgehead atoms. The highest BCUT2D eigenvalue weighted by molar-refractivity contribution is 6.43. The lowest BCUT2D eigenvalue weighted by atomic mass is 10.1. The first-order valence-corrected chi connectivity index (χ1v) is 4.80. The first-order chi connectivity index (χ1) is 7.12. The van der Waals surface area contributed by atoms with E-state index in [1.807, 2.05) is 30.3 Å². The molecule has 1 aromatic carbocycles. The summed E-state index contributed by atoms with van der Waals surface area (Å²) in [6, 6.07) is 9.30. The molecule has 1 N–H and O–H groups in total. The molecule has 1 aliphatic heterocycles. The summed E-state index contributed by atoms with van der Waals surface area (Å²) in [6.07, 6.45) is 1.25. The minimum absolute atomic E-state index is 0.147. The molecule has 0 radical (unpaired) electrons. The molecule has 1 aromatic rings. The third-order valence-electron chi connectivity index (χ3n) is 2.19. The molecule has 0 amide bonds. The Morgan fingerprint density at radius 3 is 2.67 bits per heavy atom. The maximum atomic E-state index is 10.9. The van der Waals surface area contributed by atoms with E-state index in [2.05, 4.69) is 5.10 Å². The molecule has 2 rings (SSSR count). The van der Waals surface area contributed by atoms with Gasteiger partial charge in [0.25, 0.3) is 0 Å². The van der Waals surface area contributed by atoms with Gasteiger partial charge in [-0.3, -0.25) is 5.01 Å². The summed E-state index contributed by atoms with van der Waals surface area (Å²) in [5.74, 6) is -1.08. The fraction of sp³-hybridized carbons (Fsp3) is 0.200. The van der Waals surface area contributed by atoms with Crippen LogP contribution >= 0.6 is 11.6 Å². The predicted molar refractivity (Wildman–Crippen MR) is 58.5 cm³/mol.